The Labute approximate surface area is 204 Å². The van der Waals surface area contributed by atoms with E-state index in [-0.39, 0.29) is 42.0 Å². The van der Waals surface area contributed by atoms with Crippen LogP contribution in [0.25, 0.3) is 0 Å². The van der Waals surface area contributed by atoms with E-state index in [1.54, 1.807) is 7.05 Å². The Morgan fingerprint density at radius 2 is 1.81 bits per heavy atom. The van der Waals surface area contributed by atoms with E-state index in [1.165, 1.54) is 5.69 Å². The van der Waals surface area contributed by atoms with E-state index < -0.39 is 5.60 Å². The van der Waals surface area contributed by atoms with Crippen LogP contribution < -0.4 is 20.9 Å². The monoisotopic (exact) mass is 545 g/mol. The van der Waals surface area contributed by atoms with Gasteiger partial charge in [-0.25, -0.2) is 4.79 Å². The number of amides is 1. The molecule has 1 fully saturated rings. The van der Waals surface area contributed by atoms with Crippen LogP contribution >= 0.6 is 24.0 Å². The van der Waals surface area contributed by atoms with Gasteiger partial charge in [0, 0.05) is 38.4 Å². The summed E-state index contributed by atoms with van der Waals surface area (Å²) < 4.78 is 5.39. The van der Waals surface area contributed by atoms with Gasteiger partial charge in [-0.1, -0.05) is 32.0 Å². The predicted octanol–water partition coefficient (Wildman–Crippen LogP) is 3.99. The van der Waals surface area contributed by atoms with Gasteiger partial charge in [0.15, 0.2) is 5.96 Å². The van der Waals surface area contributed by atoms with Gasteiger partial charge in [-0.2, -0.15) is 0 Å². The second-order valence-electron chi connectivity index (χ2n) is 9.19. The number of para-hydroxylation sites is 1. The smallest absolute Gasteiger partial charge is 0.407 e. The molecule has 0 aliphatic carbocycles. The summed E-state index contributed by atoms with van der Waals surface area (Å²) in [6.45, 7) is 12.4. The maximum Gasteiger partial charge on any atom is 0.407 e. The summed E-state index contributed by atoms with van der Waals surface area (Å²) in [5, 5.41) is 9.86. The molecule has 0 spiro atoms. The molecule has 1 aliphatic rings. The number of carbonyl (C=O) groups is 1. The largest absolute Gasteiger partial charge is 0.444 e. The Bertz CT molecular complexity index is 683. The van der Waals surface area contributed by atoms with Crippen LogP contribution in [0.5, 0.6) is 0 Å². The number of nitrogens with zero attached hydrogens (tertiary/aromatic N) is 2. The third-order valence-corrected chi connectivity index (χ3v) is 5.18. The summed E-state index contributed by atoms with van der Waals surface area (Å²) in [6.07, 6.45) is 1.72. The first-order valence-corrected chi connectivity index (χ1v) is 10.9. The van der Waals surface area contributed by atoms with Crippen LogP contribution in [0.4, 0.5) is 10.5 Å². The second kappa shape index (κ2) is 13.0. The number of hydrogen-bond acceptors (Lipinski definition) is 4. The van der Waals surface area contributed by atoms with Gasteiger partial charge < -0.3 is 25.6 Å². The molecule has 2 rings (SSSR count). The second-order valence-corrected chi connectivity index (χ2v) is 9.19. The van der Waals surface area contributed by atoms with Crippen LogP contribution in [0.15, 0.2) is 35.3 Å². The molecule has 3 N–H and O–H groups in total. The number of piperidine rings is 1. The molecule has 0 aromatic heterocycles. The van der Waals surface area contributed by atoms with E-state index in [1.807, 2.05) is 20.8 Å². The molecule has 1 aromatic rings. The van der Waals surface area contributed by atoms with Crippen molar-refractivity contribution in [3.63, 3.8) is 0 Å². The van der Waals surface area contributed by atoms with Crippen molar-refractivity contribution < 1.29 is 9.53 Å². The van der Waals surface area contributed by atoms with Gasteiger partial charge in [-0.05, 0) is 51.7 Å². The highest BCUT2D eigenvalue weighted by molar-refractivity contribution is 14.0. The van der Waals surface area contributed by atoms with Crippen molar-refractivity contribution in [2.45, 2.75) is 65.1 Å². The minimum Gasteiger partial charge on any atom is -0.444 e. The molecule has 0 radical (unpaired) electrons. The van der Waals surface area contributed by atoms with Crippen molar-refractivity contribution in [3.8, 4) is 0 Å². The number of benzene rings is 1. The maximum absolute atomic E-state index is 12.1. The SMILES string of the molecule is CN=C(NCC(NC(=O)OC(C)(C)C)C(C)C)NC1CCN(c2ccccc2)CC1.I. The molecule has 7 nitrogen and oxygen atoms in total. The molecule has 1 amide bonds. The van der Waals surface area contributed by atoms with Gasteiger partial charge in [0.05, 0.1) is 6.04 Å². The van der Waals surface area contributed by atoms with E-state index in [2.05, 4.69) is 70.0 Å². The molecular weight excluding hydrogens is 505 g/mol. The van der Waals surface area contributed by atoms with Gasteiger partial charge in [-0.15, -0.1) is 24.0 Å². The van der Waals surface area contributed by atoms with Crippen molar-refractivity contribution in [1.82, 2.24) is 16.0 Å². The third-order valence-electron chi connectivity index (χ3n) is 5.18. The van der Waals surface area contributed by atoms with Gasteiger partial charge in [0.25, 0.3) is 0 Å². The standard InChI is InChI=1S/C23H39N5O2.HI/c1-17(2)20(27-22(29)30-23(3,4)5)16-25-21(24-6)26-18-12-14-28(15-13-18)19-10-8-7-9-11-19;/h7-11,17-18,20H,12-16H2,1-6H3,(H,27,29)(H2,24,25,26);1H. The fourth-order valence-corrected chi connectivity index (χ4v) is 3.43. The van der Waals surface area contributed by atoms with Gasteiger partial charge >= 0.3 is 6.09 Å². The first-order chi connectivity index (χ1) is 14.2. The number of nitrogens with one attached hydrogen (secondary N) is 3. The Balaban J connectivity index is 0.00000480. The lowest BCUT2D eigenvalue weighted by molar-refractivity contribution is 0.0491. The van der Waals surface area contributed by atoms with Gasteiger partial charge in [-0.3, -0.25) is 4.99 Å². The van der Waals surface area contributed by atoms with Crippen molar-refractivity contribution >= 4 is 41.7 Å². The van der Waals surface area contributed by atoms with E-state index in [0.29, 0.717) is 12.6 Å². The summed E-state index contributed by atoms with van der Waals surface area (Å²) in [5.41, 5.74) is 0.775. The van der Waals surface area contributed by atoms with Crippen molar-refractivity contribution in [1.29, 1.82) is 0 Å². The third kappa shape index (κ3) is 9.97. The number of halogens is 1. The van der Waals surface area contributed by atoms with Crippen molar-refractivity contribution in [2.24, 2.45) is 10.9 Å². The molecule has 8 heteroatoms. The molecule has 1 aromatic carbocycles. The summed E-state index contributed by atoms with van der Waals surface area (Å²) >= 11 is 0. The number of ether oxygens (including phenoxy) is 1. The average molecular weight is 546 g/mol. The Morgan fingerprint density at radius 3 is 2.32 bits per heavy atom. The average Bonchev–Trinajstić information content (AvgIpc) is 2.69. The van der Waals surface area contributed by atoms with E-state index in [9.17, 15) is 4.79 Å². The number of aliphatic imine (C=N–C) groups is 1. The first kappa shape index (κ1) is 27.3. The topological polar surface area (TPSA) is 78.0 Å². The zero-order valence-electron chi connectivity index (χ0n) is 19.8. The molecule has 1 heterocycles. The predicted molar refractivity (Wildman–Crippen MR) is 140 cm³/mol. The molecule has 0 saturated carbocycles. The normalized spacial score (nSPS) is 16.4. The van der Waals surface area contributed by atoms with Gasteiger partial charge in [0.1, 0.15) is 5.60 Å². The first-order valence-electron chi connectivity index (χ1n) is 10.9. The van der Waals surface area contributed by atoms with Crippen LogP contribution in [0.2, 0.25) is 0 Å². The molecule has 31 heavy (non-hydrogen) atoms. The molecule has 1 aliphatic heterocycles. The molecule has 1 atom stereocenters. The Morgan fingerprint density at radius 1 is 1.19 bits per heavy atom. The highest BCUT2D eigenvalue weighted by Gasteiger charge is 2.23. The number of guanidine groups is 1. The summed E-state index contributed by atoms with van der Waals surface area (Å²) in [5.74, 6) is 1.03. The molecule has 1 saturated heterocycles. The van der Waals surface area contributed by atoms with Crippen LogP contribution in [0.1, 0.15) is 47.5 Å². The Hall–Kier alpha value is -1.71. The zero-order chi connectivity index (χ0) is 22.1. The van der Waals surface area contributed by atoms with E-state index in [0.717, 1.165) is 31.9 Å². The maximum atomic E-state index is 12.1. The Kier molecular flexibility index (Phi) is 11.4. The lowest BCUT2D eigenvalue weighted by atomic mass is 10.0. The van der Waals surface area contributed by atoms with Crippen LogP contribution in [0, 0.1) is 5.92 Å². The van der Waals surface area contributed by atoms with Crippen LogP contribution in [-0.4, -0.2) is 56.4 Å². The minimum absolute atomic E-state index is 0. The fourth-order valence-electron chi connectivity index (χ4n) is 3.43. The number of alkyl carbamates (subject to hydrolysis) is 1. The van der Waals surface area contributed by atoms with E-state index in [4.69, 9.17) is 4.74 Å². The van der Waals surface area contributed by atoms with Gasteiger partial charge in [0.2, 0.25) is 0 Å². The zero-order valence-corrected chi connectivity index (χ0v) is 22.1. The highest BCUT2D eigenvalue weighted by Crippen LogP contribution is 2.19. The number of rotatable bonds is 6. The summed E-state index contributed by atoms with van der Waals surface area (Å²) in [4.78, 5) is 18.9. The minimum atomic E-state index is -0.509. The number of hydrogen-bond donors (Lipinski definition) is 3. The lowest BCUT2D eigenvalue weighted by Crippen LogP contribution is -2.53. The van der Waals surface area contributed by atoms with Crippen LogP contribution in [-0.2, 0) is 4.74 Å². The highest BCUT2D eigenvalue weighted by atomic mass is 127. The van der Waals surface area contributed by atoms with Crippen molar-refractivity contribution in [2.75, 3.05) is 31.6 Å². The summed E-state index contributed by atoms with van der Waals surface area (Å²) in [7, 11) is 1.78. The molecular formula is C23H40IN5O2. The number of anilines is 1. The fraction of sp³-hybridized carbons (Fsp3) is 0.652. The van der Waals surface area contributed by atoms with Crippen LogP contribution in [0.3, 0.4) is 0 Å². The molecule has 0 bridgehead atoms. The number of carbonyl (C=O) groups excluding carboxylic acids is 1. The lowest BCUT2D eigenvalue weighted by Gasteiger charge is -2.34. The van der Waals surface area contributed by atoms with Crippen molar-refractivity contribution in [3.05, 3.63) is 30.3 Å². The quantitative estimate of drug-likeness (QED) is 0.287. The molecule has 176 valence electrons. The molecule has 1 unspecified atom stereocenters. The summed E-state index contributed by atoms with van der Waals surface area (Å²) in [6, 6.07) is 10.9. The van der Waals surface area contributed by atoms with E-state index >= 15 is 0 Å².